The zero-order valence-corrected chi connectivity index (χ0v) is 21.7. The first-order valence-electron chi connectivity index (χ1n) is 13.5. The van der Waals surface area contributed by atoms with Gasteiger partial charge in [0.2, 0.25) is 0 Å². The van der Waals surface area contributed by atoms with Gasteiger partial charge in [-0.25, -0.2) is 0 Å². The number of fused-ring (bicyclic) bond motifs is 6. The normalized spacial score (nSPS) is 43.9. The standard InChI is InChI=1S/C29H39ClN2O2/c1-27(34)12-13-28(2)19(15-27)4-6-21-22-7-8-24(29(22,3)11-10-23(21)28)26(33)17-32-25-9-5-20(30)14-18(25)16-31-32/h5,9,14,16,19,21-24,34H,4,6-8,10-13,15,17H2,1-3H3/t19-,21?,22-,23-,24+,27+,28-,29-/m0/s1. The fourth-order valence-electron chi connectivity index (χ4n) is 9.40. The van der Waals surface area contributed by atoms with Crippen LogP contribution in [0.1, 0.15) is 78.6 Å². The van der Waals surface area contributed by atoms with Crippen LogP contribution in [0.25, 0.3) is 10.9 Å². The van der Waals surface area contributed by atoms with Crippen LogP contribution in [0.3, 0.4) is 0 Å². The number of carbonyl (C=O) groups excluding carboxylic acids is 1. The van der Waals surface area contributed by atoms with Gasteiger partial charge in [0.25, 0.3) is 0 Å². The Morgan fingerprint density at radius 1 is 1.06 bits per heavy atom. The number of rotatable bonds is 3. The summed E-state index contributed by atoms with van der Waals surface area (Å²) in [5.74, 6) is 3.32. The number of halogens is 1. The maximum atomic E-state index is 13.7. The van der Waals surface area contributed by atoms with E-state index in [4.69, 9.17) is 11.6 Å². The van der Waals surface area contributed by atoms with Crippen molar-refractivity contribution >= 4 is 28.3 Å². The molecule has 4 fully saturated rings. The molecule has 0 saturated heterocycles. The number of hydrogen-bond acceptors (Lipinski definition) is 3. The van der Waals surface area contributed by atoms with Gasteiger partial charge in [-0.05, 0) is 117 Å². The lowest BCUT2D eigenvalue weighted by Crippen LogP contribution is -2.55. The molecule has 0 aliphatic heterocycles. The van der Waals surface area contributed by atoms with Crippen molar-refractivity contribution in [3.63, 3.8) is 0 Å². The minimum atomic E-state index is -0.479. The van der Waals surface area contributed by atoms with Crippen LogP contribution in [0, 0.1) is 40.4 Å². The zero-order chi connectivity index (χ0) is 23.9. The molecular formula is C29H39ClN2O2. The third-order valence-electron chi connectivity index (χ3n) is 11.3. The minimum absolute atomic E-state index is 0.119. The molecule has 1 unspecified atom stereocenters. The fourth-order valence-corrected chi connectivity index (χ4v) is 9.58. The van der Waals surface area contributed by atoms with Crippen LogP contribution in [0.2, 0.25) is 5.02 Å². The molecule has 0 amide bonds. The molecule has 1 aromatic heterocycles. The first kappa shape index (κ1) is 23.0. The van der Waals surface area contributed by atoms with Gasteiger partial charge in [0.05, 0.1) is 17.3 Å². The summed E-state index contributed by atoms with van der Waals surface area (Å²) in [5, 5.41) is 17.0. The van der Waals surface area contributed by atoms with Crippen molar-refractivity contribution < 1.29 is 9.90 Å². The lowest BCUT2D eigenvalue weighted by Gasteiger charge is -2.61. The highest BCUT2D eigenvalue weighted by molar-refractivity contribution is 6.31. The monoisotopic (exact) mass is 482 g/mol. The predicted octanol–water partition coefficient (Wildman–Crippen LogP) is 6.67. The van der Waals surface area contributed by atoms with Gasteiger partial charge >= 0.3 is 0 Å². The van der Waals surface area contributed by atoms with Crippen LogP contribution in [0.5, 0.6) is 0 Å². The van der Waals surface area contributed by atoms with Crippen molar-refractivity contribution in [3.8, 4) is 0 Å². The molecule has 0 spiro atoms. The molecular weight excluding hydrogens is 444 g/mol. The molecule has 0 bridgehead atoms. The van der Waals surface area contributed by atoms with Crippen LogP contribution < -0.4 is 0 Å². The number of hydrogen-bond donors (Lipinski definition) is 1. The molecule has 5 heteroatoms. The second-order valence-corrected chi connectivity index (χ2v) is 13.4. The SMILES string of the molecule is C[C@@]1(O)CC[C@@]2(C)[C@@H](CCC3[C@@H]2CC[C@]2(C)[C@@H](C(=O)Cn4ncc5cc(Cl)ccc54)CC[C@@H]32)C1. The van der Waals surface area contributed by atoms with Crippen LogP contribution in [0.15, 0.2) is 24.4 Å². The first-order valence-corrected chi connectivity index (χ1v) is 13.8. The fraction of sp³-hybridized carbons (Fsp3) is 0.724. The Balaban J connectivity index is 1.21. The molecule has 34 heavy (non-hydrogen) atoms. The number of aromatic nitrogens is 2. The summed E-state index contributed by atoms with van der Waals surface area (Å²) < 4.78 is 1.87. The molecule has 4 aliphatic rings. The summed E-state index contributed by atoms with van der Waals surface area (Å²) in [6, 6.07) is 5.77. The number of benzene rings is 1. The van der Waals surface area contributed by atoms with E-state index in [1.54, 1.807) is 0 Å². The Labute approximate surface area is 208 Å². The van der Waals surface area contributed by atoms with Crippen molar-refractivity contribution in [2.75, 3.05) is 0 Å². The van der Waals surface area contributed by atoms with E-state index in [1.165, 1.54) is 32.1 Å². The second-order valence-electron chi connectivity index (χ2n) is 13.0. The molecule has 4 aliphatic carbocycles. The summed E-state index contributed by atoms with van der Waals surface area (Å²) in [5.41, 5.74) is 0.991. The van der Waals surface area contributed by atoms with E-state index in [9.17, 15) is 9.90 Å². The molecule has 1 heterocycles. The van der Waals surface area contributed by atoms with E-state index in [2.05, 4.69) is 18.9 Å². The average molecular weight is 483 g/mol. The quantitative estimate of drug-likeness (QED) is 0.531. The maximum Gasteiger partial charge on any atom is 0.157 e. The maximum absolute atomic E-state index is 13.7. The molecule has 2 aromatic rings. The van der Waals surface area contributed by atoms with E-state index in [-0.39, 0.29) is 11.3 Å². The molecule has 1 N–H and O–H groups in total. The summed E-state index contributed by atoms with van der Waals surface area (Å²) in [4.78, 5) is 13.7. The average Bonchev–Trinajstić information content (AvgIpc) is 3.34. The number of Topliss-reactive ketones (excluding diaryl/α,β-unsaturated/α-hetero) is 1. The van der Waals surface area contributed by atoms with Crippen LogP contribution in [-0.2, 0) is 11.3 Å². The van der Waals surface area contributed by atoms with Crippen molar-refractivity contribution in [1.82, 2.24) is 9.78 Å². The van der Waals surface area contributed by atoms with Crippen LogP contribution >= 0.6 is 11.6 Å². The lowest BCUT2D eigenvalue weighted by atomic mass is 9.44. The highest BCUT2D eigenvalue weighted by Crippen LogP contribution is 2.68. The van der Waals surface area contributed by atoms with E-state index < -0.39 is 5.60 Å². The summed E-state index contributed by atoms with van der Waals surface area (Å²) in [6.45, 7) is 7.38. The first-order chi connectivity index (χ1) is 16.1. The van der Waals surface area contributed by atoms with E-state index >= 15 is 0 Å². The smallest absolute Gasteiger partial charge is 0.157 e. The van der Waals surface area contributed by atoms with Gasteiger partial charge < -0.3 is 5.11 Å². The number of aliphatic hydroxyl groups is 1. The van der Waals surface area contributed by atoms with Gasteiger partial charge in [-0.3, -0.25) is 9.48 Å². The molecule has 8 atom stereocenters. The van der Waals surface area contributed by atoms with E-state index in [0.717, 1.165) is 48.4 Å². The third kappa shape index (κ3) is 3.42. The topological polar surface area (TPSA) is 55.1 Å². The number of nitrogens with zero attached hydrogens (tertiary/aromatic N) is 2. The van der Waals surface area contributed by atoms with Crippen LogP contribution in [-0.4, -0.2) is 26.3 Å². The molecule has 4 nitrogen and oxygen atoms in total. The highest BCUT2D eigenvalue weighted by Gasteiger charge is 2.61. The van der Waals surface area contributed by atoms with Crippen molar-refractivity contribution in [1.29, 1.82) is 0 Å². The molecule has 184 valence electrons. The van der Waals surface area contributed by atoms with Gasteiger partial charge in [0.15, 0.2) is 5.78 Å². The molecule has 6 rings (SSSR count). The predicted molar refractivity (Wildman–Crippen MR) is 136 cm³/mol. The lowest BCUT2D eigenvalue weighted by molar-refractivity contribution is -0.151. The van der Waals surface area contributed by atoms with Crippen molar-refractivity contribution in [2.24, 2.45) is 40.4 Å². The van der Waals surface area contributed by atoms with Gasteiger partial charge in [-0.2, -0.15) is 5.10 Å². The van der Waals surface area contributed by atoms with Crippen molar-refractivity contribution in [3.05, 3.63) is 29.4 Å². The van der Waals surface area contributed by atoms with Gasteiger partial charge in [-0.1, -0.05) is 25.4 Å². The Bertz CT molecular complexity index is 1120. The highest BCUT2D eigenvalue weighted by atomic mass is 35.5. The Hall–Kier alpha value is -1.39. The van der Waals surface area contributed by atoms with Gasteiger partial charge in [0.1, 0.15) is 6.54 Å². The molecule has 0 radical (unpaired) electrons. The molecule has 4 saturated carbocycles. The Kier molecular flexibility index (Phi) is 5.29. The van der Waals surface area contributed by atoms with Gasteiger partial charge in [0, 0.05) is 16.3 Å². The summed E-state index contributed by atoms with van der Waals surface area (Å²) >= 11 is 6.14. The largest absolute Gasteiger partial charge is 0.390 e. The minimum Gasteiger partial charge on any atom is -0.390 e. The Morgan fingerprint density at radius 2 is 1.85 bits per heavy atom. The van der Waals surface area contributed by atoms with Crippen LogP contribution in [0.4, 0.5) is 0 Å². The second kappa shape index (κ2) is 7.80. The number of ketones is 1. The van der Waals surface area contributed by atoms with E-state index in [0.29, 0.717) is 34.6 Å². The summed E-state index contributed by atoms with van der Waals surface area (Å²) in [6.07, 6.45) is 12.1. The zero-order valence-electron chi connectivity index (χ0n) is 20.9. The van der Waals surface area contributed by atoms with E-state index in [1.807, 2.05) is 36.0 Å². The number of carbonyl (C=O) groups is 1. The summed E-state index contributed by atoms with van der Waals surface area (Å²) in [7, 11) is 0. The third-order valence-corrected chi connectivity index (χ3v) is 11.5. The van der Waals surface area contributed by atoms with Crippen molar-refractivity contribution in [2.45, 2.75) is 90.7 Å². The molecule has 1 aromatic carbocycles. The van der Waals surface area contributed by atoms with Gasteiger partial charge in [-0.15, -0.1) is 0 Å². The Morgan fingerprint density at radius 3 is 2.68 bits per heavy atom.